The van der Waals surface area contributed by atoms with E-state index in [9.17, 15) is 0 Å². The van der Waals surface area contributed by atoms with Crippen LogP contribution in [-0.4, -0.2) is 11.5 Å². The van der Waals surface area contributed by atoms with Gasteiger partial charge in [-0.15, -0.1) is 11.8 Å². The second-order valence-electron chi connectivity index (χ2n) is 2.28. The van der Waals surface area contributed by atoms with E-state index in [1.54, 1.807) is 0 Å². The van der Waals surface area contributed by atoms with Crippen molar-refractivity contribution in [1.29, 1.82) is 0 Å². The molecule has 0 unspecified atom stereocenters. The fraction of sp³-hybridized carbons (Fsp3) is 0.375. The maximum absolute atomic E-state index is 4.34. The highest BCUT2D eigenvalue weighted by Crippen LogP contribution is 2.25. The second kappa shape index (κ2) is 3.06. The molecular formula is C8H11NS. The van der Waals surface area contributed by atoms with Crippen molar-refractivity contribution in [2.75, 3.05) is 5.75 Å². The van der Waals surface area contributed by atoms with Crippen LogP contribution in [0.1, 0.15) is 13.8 Å². The molecule has 1 heterocycles. The quantitative estimate of drug-likeness (QED) is 0.564. The van der Waals surface area contributed by atoms with Crippen LogP contribution in [0.5, 0.6) is 0 Å². The molecule has 0 bridgehead atoms. The zero-order chi connectivity index (χ0) is 7.56. The largest absolute Gasteiger partial charge is 0.256 e. The highest BCUT2D eigenvalue weighted by Gasteiger charge is 2.05. The van der Waals surface area contributed by atoms with E-state index in [1.165, 1.54) is 10.6 Å². The number of hydrogen-bond donors (Lipinski definition) is 0. The molecular weight excluding hydrogens is 142 g/mol. The molecule has 0 fully saturated rings. The van der Waals surface area contributed by atoms with Crippen LogP contribution in [0, 0.1) is 0 Å². The first-order valence-corrected chi connectivity index (χ1v) is 4.23. The molecule has 0 spiro atoms. The number of rotatable bonds is 1. The molecule has 1 rings (SSSR count). The zero-order valence-electron chi connectivity index (χ0n) is 6.35. The Hall–Kier alpha value is -0.500. The average molecular weight is 153 g/mol. The summed E-state index contributed by atoms with van der Waals surface area (Å²) in [6, 6.07) is 0. The zero-order valence-corrected chi connectivity index (χ0v) is 7.16. The Morgan fingerprint density at radius 3 is 2.80 bits per heavy atom. The Balaban J connectivity index is 2.92. The first kappa shape index (κ1) is 7.61. The summed E-state index contributed by atoms with van der Waals surface area (Å²) in [5, 5.41) is 0. The van der Waals surface area contributed by atoms with Crippen molar-refractivity contribution >= 4 is 17.5 Å². The molecule has 0 saturated carbocycles. The summed E-state index contributed by atoms with van der Waals surface area (Å²) in [7, 11) is 0. The fourth-order valence-electron chi connectivity index (χ4n) is 0.793. The third kappa shape index (κ3) is 1.51. The van der Waals surface area contributed by atoms with Crippen LogP contribution >= 0.6 is 11.8 Å². The minimum absolute atomic E-state index is 1.03. The van der Waals surface area contributed by atoms with Crippen molar-refractivity contribution in [3.63, 3.8) is 0 Å². The third-order valence-electron chi connectivity index (χ3n) is 1.36. The Morgan fingerprint density at radius 2 is 2.30 bits per heavy atom. The monoisotopic (exact) mass is 153 g/mol. The molecule has 54 valence electrons. The molecule has 0 aromatic rings. The molecule has 10 heavy (non-hydrogen) atoms. The van der Waals surface area contributed by atoms with E-state index in [0.717, 1.165) is 11.4 Å². The summed E-state index contributed by atoms with van der Waals surface area (Å²) < 4.78 is 0. The van der Waals surface area contributed by atoms with Crippen molar-refractivity contribution < 1.29 is 0 Å². The average Bonchev–Trinajstić information content (AvgIpc) is 1.94. The molecule has 0 N–H and O–H groups in total. The number of thioether (sulfide) groups is 1. The lowest BCUT2D eigenvalue weighted by Crippen LogP contribution is -2.01. The summed E-state index contributed by atoms with van der Waals surface area (Å²) in [6.07, 6.45) is 1.81. The molecule has 1 nitrogen and oxygen atoms in total. The molecule has 1 aliphatic rings. The number of aliphatic imine (C=N–C) groups is 1. The van der Waals surface area contributed by atoms with Gasteiger partial charge >= 0.3 is 0 Å². The van der Waals surface area contributed by atoms with Gasteiger partial charge < -0.3 is 0 Å². The Labute approximate surface area is 65.9 Å². The minimum atomic E-state index is 1.03. The molecule has 0 aromatic carbocycles. The van der Waals surface area contributed by atoms with E-state index >= 15 is 0 Å². The van der Waals surface area contributed by atoms with E-state index in [4.69, 9.17) is 0 Å². The predicted molar refractivity (Wildman–Crippen MR) is 48.5 cm³/mol. The van der Waals surface area contributed by atoms with Gasteiger partial charge in [0.2, 0.25) is 0 Å². The Bertz CT molecular complexity index is 213. The predicted octanol–water partition coefficient (Wildman–Crippen LogP) is 2.61. The molecule has 2 heteroatoms. The van der Waals surface area contributed by atoms with Crippen LogP contribution in [0.3, 0.4) is 0 Å². The first-order chi connectivity index (χ1) is 4.74. The van der Waals surface area contributed by atoms with E-state index in [-0.39, 0.29) is 0 Å². The van der Waals surface area contributed by atoms with Gasteiger partial charge in [-0.2, -0.15) is 0 Å². The van der Waals surface area contributed by atoms with Crippen LogP contribution < -0.4 is 0 Å². The summed E-state index contributed by atoms with van der Waals surface area (Å²) in [6.45, 7) is 7.82. The lowest BCUT2D eigenvalue weighted by atomic mass is 10.4. The maximum atomic E-state index is 4.34. The van der Waals surface area contributed by atoms with Gasteiger partial charge in [-0.25, -0.2) is 0 Å². The number of hydrogen-bond acceptors (Lipinski definition) is 2. The lowest BCUT2D eigenvalue weighted by Gasteiger charge is -2.10. The van der Waals surface area contributed by atoms with E-state index < -0.39 is 0 Å². The van der Waals surface area contributed by atoms with Crippen LogP contribution in [-0.2, 0) is 0 Å². The summed E-state index contributed by atoms with van der Waals surface area (Å²) in [5.41, 5.74) is 2.22. The fourth-order valence-corrected chi connectivity index (χ4v) is 1.56. The van der Waals surface area contributed by atoms with Crippen molar-refractivity contribution in [2.24, 2.45) is 4.99 Å². The van der Waals surface area contributed by atoms with Crippen molar-refractivity contribution in [2.45, 2.75) is 13.8 Å². The van der Waals surface area contributed by atoms with Gasteiger partial charge in [0.1, 0.15) is 0 Å². The van der Waals surface area contributed by atoms with Crippen molar-refractivity contribution in [3.8, 4) is 0 Å². The van der Waals surface area contributed by atoms with Crippen LogP contribution in [0.15, 0.2) is 28.2 Å². The van der Waals surface area contributed by atoms with Crippen LogP contribution in [0.2, 0.25) is 0 Å². The molecule has 0 amide bonds. The molecule has 1 aliphatic heterocycles. The van der Waals surface area contributed by atoms with Gasteiger partial charge in [0.25, 0.3) is 0 Å². The first-order valence-electron chi connectivity index (χ1n) is 3.24. The van der Waals surface area contributed by atoms with Crippen LogP contribution in [0.25, 0.3) is 0 Å². The SMILES string of the molecule is C=CC1=C(C)SCC(C)=N1. The van der Waals surface area contributed by atoms with Gasteiger partial charge in [-0.1, -0.05) is 6.58 Å². The molecule has 0 saturated heterocycles. The summed E-state index contributed by atoms with van der Waals surface area (Å²) in [4.78, 5) is 5.62. The van der Waals surface area contributed by atoms with Gasteiger partial charge in [0, 0.05) is 16.4 Å². The summed E-state index contributed by atoms with van der Waals surface area (Å²) in [5.74, 6) is 1.03. The van der Waals surface area contributed by atoms with Gasteiger partial charge in [-0.05, 0) is 19.9 Å². The standard InChI is InChI=1S/C8H11NS/c1-4-8-7(3)10-5-6(2)9-8/h4H,1,5H2,2-3H3. The number of allylic oxidation sites excluding steroid dienone is 2. The topological polar surface area (TPSA) is 12.4 Å². The van der Waals surface area contributed by atoms with E-state index in [2.05, 4.69) is 18.5 Å². The lowest BCUT2D eigenvalue weighted by molar-refractivity contribution is 1.33. The normalized spacial score (nSPS) is 18.8. The van der Waals surface area contributed by atoms with Gasteiger partial charge in [0.15, 0.2) is 0 Å². The Kier molecular flexibility index (Phi) is 2.33. The summed E-state index contributed by atoms with van der Waals surface area (Å²) >= 11 is 1.84. The molecule has 0 aliphatic carbocycles. The highest BCUT2D eigenvalue weighted by molar-refractivity contribution is 8.03. The van der Waals surface area contributed by atoms with Crippen molar-refractivity contribution in [3.05, 3.63) is 23.3 Å². The second-order valence-corrected chi connectivity index (χ2v) is 3.47. The van der Waals surface area contributed by atoms with Crippen molar-refractivity contribution in [1.82, 2.24) is 0 Å². The molecule has 0 aromatic heterocycles. The van der Waals surface area contributed by atoms with Gasteiger partial charge in [0.05, 0.1) is 5.70 Å². The Morgan fingerprint density at radius 1 is 1.60 bits per heavy atom. The van der Waals surface area contributed by atoms with E-state index in [1.807, 2.05) is 24.8 Å². The highest BCUT2D eigenvalue weighted by atomic mass is 32.2. The third-order valence-corrected chi connectivity index (χ3v) is 2.57. The molecule has 0 radical (unpaired) electrons. The maximum Gasteiger partial charge on any atom is 0.0715 e. The smallest absolute Gasteiger partial charge is 0.0715 e. The number of nitrogens with zero attached hydrogens (tertiary/aromatic N) is 1. The molecule has 0 atom stereocenters. The van der Waals surface area contributed by atoms with Crippen LogP contribution in [0.4, 0.5) is 0 Å². The minimum Gasteiger partial charge on any atom is -0.256 e. The van der Waals surface area contributed by atoms with Gasteiger partial charge in [-0.3, -0.25) is 4.99 Å². The van der Waals surface area contributed by atoms with E-state index in [0.29, 0.717) is 0 Å².